The van der Waals surface area contributed by atoms with Crippen LogP contribution in [0.3, 0.4) is 0 Å². The fourth-order valence-electron chi connectivity index (χ4n) is 5.04. The number of amides is 3. The predicted molar refractivity (Wildman–Crippen MR) is 117 cm³/mol. The number of benzene rings is 1. The summed E-state index contributed by atoms with van der Waals surface area (Å²) in [5.74, 6) is -0.524. The summed E-state index contributed by atoms with van der Waals surface area (Å²) in [4.78, 5) is 42.5. The third-order valence-electron chi connectivity index (χ3n) is 7.00. The molecule has 1 aromatic carbocycles. The van der Waals surface area contributed by atoms with Gasteiger partial charge in [0.05, 0.1) is 18.6 Å². The van der Waals surface area contributed by atoms with Crippen LogP contribution in [0.4, 0.5) is 0 Å². The average Bonchev–Trinajstić information content (AvgIpc) is 3.42. The van der Waals surface area contributed by atoms with Crippen molar-refractivity contribution < 1.29 is 14.4 Å². The number of aryl methyl sites for hydroxylation is 1. The van der Waals surface area contributed by atoms with Crippen LogP contribution in [0.2, 0.25) is 0 Å². The lowest BCUT2D eigenvalue weighted by Gasteiger charge is -2.43. The Balaban J connectivity index is 1.44. The molecule has 3 aliphatic rings. The molecule has 3 amide bonds. The second-order valence-corrected chi connectivity index (χ2v) is 8.88. The fourth-order valence-corrected chi connectivity index (χ4v) is 5.04. The van der Waals surface area contributed by atoms with Gasteiger partial charge in [-0.2, -0.15) is 0 Å². The van der Waals surface area contributed by atoms with E-state index in [0.29, 0.717) is 19.1 Å². The van der Waals surface area contributed by atoms with Gasteiger partial charge in [-0.1, -0.05) is 24.3 Å². The number of rotatable bonds is 6. The van der Waals surface area contributed by atoms with Crippen molar-refractivity contribution in [1.29, 1.82) is 0 Å². The van der Waals surface area contributed by atoms with Gasteiger partial charge in [0.1, 0.15) is 6.04 Å². The van der Waals surface area contributed by atoms with Crippen molar-refractivity contribution in [2.45, 2.75) is 56.8 Å². The largest absolute Gasteiger partial charge is 0.347 e. The number of nitrogens with zero attached hydrogens (tertiary/aromatic N) is 2. The molecule has 168 valence electrons. The minimum atomic E-state index is -0.534. The van der Waals surface area contributed by atoms with E-state index in [4.69, 9.17) is 0 Å². The lowest BCUT2D eigenvalue weighted by atomic mass is 10.0. The molecule has 0 saturated carbocycles. The molecule has 2 fully saturated rings. The molecule has 3 N–H and O–H groups in total. The number of piperazine rings is 1. The van der Waals surface area contributed by atoms with Crippen molar-refractivity contribution in [2.24, 2.45) is 0 Å². The number of carbonyl (C=O) groups excluding carboxylic acids is 3. The Hall–Kier alpha value is -2.45. The van der Waals surface area contributed by atoms with Gasteiger partial charge in [-0.3, -0.25) is 19.3 Å². The van der Waals surface area contributed by atoms with Gasteiger partial charge >= 0.3 is 0 Å². The summed E-state index contributed by atoms with van der Waals surface area (Å²) < 4.78 is 0. The van der Waals surface area contributed by atoms with Crippen molar-refractivity contribution in [2.75, 3.05) is 33.2 Å². The van der Waals surface area contributed by atoms with E-state index in [-0.39, 0.29) is 36.3 Å². The maximum absolute atomic E-state index is 13.3. The molecule has 0 spiro atoms. The average molecular weight is 428 g/mol. The highest BCUT2D eigenvalue weighted by molar-refractivity contribution is 5.91. The molecular weight excluding hydrogens is 394 g/mol. The Morgan fingerprint density at radius 1 is 1.16 bits per heavy atom. The quantitative estimate of drug-likeness (QED) is 0.603. The number of likely N-dealkylation sites (N-methyl/N-ethyl adjacent to an activating group) is 1. The van der Waals surface area contributed by atoms with Crippen molar-refractivity contribution in [1.82, 2.24) is 25.8 Å². The Labute approximate surface area is 183 Å². The van der Waals surface area contributed by atoms with Crippen LogP contribution in [0.15, 0.2) is 24.3 Å². The van der Waals surface area contributed by atoms with Gasteiger partial charge < -0.3 is 20.9 Å². The van der Waals surface area contributed by atoms with Gasteiger partial charge in [-0.25, -0.2) is 0 Å². The summed E-state index contributed by atoms with van der Waals surface area (Å²) in [7, 11) is 1.70. The van der Waals surface area contributed by atoms with Gasteiger partial charge in [0.15, 0.2) is 0 Å². The van der Waals surface area contributed by atoms with Crippen molar-refractivity contribution >= 4 is 17.7 Å². The first-order valence-electron chi connectivity index (χ1n) is 11.3. The topological polar surface area (TPSA) is 93.8 Å². The first-order valence-corrected chi connectivity index (χ1v) is 11.3. The number of fused-ring (bicyclic) bond motifs is 2. The van der Waals surface area contributed by atoms with Gasteiger partial charge in [-0.15, -0.1) is 0 Å². The Kier molecular flexibility index (Phi) is 6.57. The van der Waals surface area contributed by atoms with Crippen molar-refractivity contribution in [3.05, 3.63) is 35.4 Å². The maximum atomic E-state index is 13.3. The van der Waals surface area contributed by atoms with Gasteiger partial charge in [0, 0.05) is 19.1 Å². The van der Waals surface area contributed by atoms with Crippen LogP contribution in [0.25, 0.3) is 0 Å². The summed E-state index contributed by atoms with van der Waals surface area (Å²) in [5.41, 5.74) is 2.46. The number of nitrogens with one attached hydrogen (secondary N) is 3. The highest BCUT2D eigenvalue weighted by Crippen LogP contribution is 2.31. The van der Waals surface area contributed by atoms with E-state index in [1.54, 1.807) is 18.9 Å². The molecule has 1 aromatic rings. The second kappa shape index (κ2) is 9.36. The number of hydrogen-bond acceptors (Lipinski definition) is 5. The zero-order valence-electron chi connectivity index (χ0n) is 18.4. The second-order valence-electron chi connectivity index (χ2n) is 8.88. The zero-order valence-corrected chi connectivity index (χ0v) is 18.4. The van der Waals surface area contributed by atoms with Gasteiger partial charge in [0.25, 0.3) is 0 Å². The Morgan fingerprint density at radius 2 is 1.97 bits per heavy atom. The summed E-state index contributed by atoms with van der Waals surface area (Å²) in [6.07, 6.45) is 3.97. The third-order valence-corrected chi connectivity index (χ3v) is 7.00. The van der Waals surface area contributed by atoms with Gasteiger partial charge in [0.2, 0.25) is 17.7 Å². The summed E-state index contributed by atoms with van der Waals surface area (Å²) >= 11 is 0. The fraction of sp³-hybridized carbons (Fsp3) is 0.609. The van der Waals surface area contributed by atoms with E-state index in [1.807, 2.05) is 12.1 Å². The first-order chi connectivity index (χ1) is 15.0. The third kappa shape index (κ3) is 4.60. The molecule has 0 radical (unpaired) electrons. The van der Waals surface area contributed by atoms with Crippen molar-refractivity contribution in [3.63, 3.8) is 0 Å². The molecule has 4 atom stereocenters. The van der Waals surface area contributed by atoms with Crippen LogP contribution in [0.5, 0.6) is 0 Å². The van der Waals surface area contributed by atoms with Crippen LogP contribution in [0.1, 0.15) is 43.4 Å². The molecule has 2 saturated heterocycles. The number of hydrogen-bond donors (Lipinski definition) is 3. The normalized spacial score (nSPS) is 26.1. The van der Waals surface area contributed by atoms with E-state index in [9.17, 15) is 14.4 Å². The smallest absolute Gasteiger partial charge is 0.244 e. The van der Waals surface area contributed by atoms with Crippen LogP contribution in [0, 0.1) is 0 Å². The Bertz CT molecular complexity index is 844. The Morgan fingerprint density at radius 3 is 2.77 bits per heavy atom. The molecule has 8 nitrogen and oxygen atoms in total. The van der Waals surface area contributed by atoms with E-state index in [2.05, 4.69) is 33.0 Å². The molecule has 1 aliphatic carbocycles. The van der Waals surface area contributed by atoms with Gasteiger partial charge in [-0.05, 0) is 57.3 Å². The minimum absolute atomic E-state index is 0.00636. The first kappa shape index (κ1) is 21.8. The molecule has 31 heavy (non-hydrogen) atoms. The van der Waals surface area contributed by atoms with E-state index in [0.717, 1.165) is 32.2 Å². The lowest BCUT2D eigenvalue weighted by Crippen LogP contribution is -2.64. The standard InChI is InChI=1S/C23H33N5O3/c1-15(24-2)22(30)25-12-21(29)28-13-17-7-5-11-27(17)14-20(28)23(31)26-19-10-9-16-6-3-4-8-18(16)19/h3-4,6,8,15,17,19-20,24H,5,7,9-14H2,1-2H3,(H,25,30)(H,26,31)/t15-,17+,19+,20-/m0/s1. The zero-order chi connectivity index (χ0) is 22.0. The molecule has 0 bridgehead atoms. The number of carbonyl (C=O) groups is 3. The molecular formula is C23H33N5O3. The summed E-state index contributed by atoms with van der Waals surface area (Å²) in [5, 5.41) is 8.77. The van der Waals surface area contributed by atoms with Crippen LogP contribution in [-0.4, -0.2) is 78.9 Å². The highest BCUT2D eigenvalue weighted by Gasteiger charge is 2.42. The monoisotopic (exact) mass is 427 g/mol. The molecule has 2 heterocycles. The summed E-state index contributed by atoms with van der Waals surface area (Å²) in [6.45, 7) is 3.71. The van der Waals surface area contributed by atoms with E-state index < -0.39 is 6.04 Å². The maximum Gasteiger partial charge on any atom is 0.244 e. The van der Waals surface area contributed by atoms with Crippen LogP contribution >= 0.6 is 0 Å². The lowest BCUT2D eigenvalue weighted by molar-refractivity contribution is -0.145. The highest BCUT2D eigenvalue weighted by atomic mass is 16.2. The molecule has 8 heteroatoms. The van der Waals surface area contributed by atoms with E-state index >= 15 is 0 Å². The summed E-state index contributed by atoms with van der Waals surface area (Å²) in [6, 6.07) is 7.60. The molecule has 0 unspecified atom stereocenters. The minimum Gasteiger partial charge on any atom is -0.347 e. The van der Waals surface area contributed by atoms with Crippen molar-refractivity contribution in [3.8, 4) is 0 Å². The molecule has 0 aromatic heterocycles. The molecule has 4 rings (SSSR count). The molecule has 2 aliphatic heterocycles. The SMILES string of the molecule is CN[C@@H](C)C(=O)NCC(=O)N1C[C@H]2CCCN2C[C@H]1C(=O)N[C@@H]1CCc2ccccc21. The van der Waals surface area contributed by atoms with Crippen LogP contribution in [-0.2, 0) is 20.8 Å². The predicted octanol–water partition coefficient (Wildman–Crippen LogP) is 0.189. The van der Waals surface area contributed by atoms with Crippen LogP contribution < -0.4 is 16.0 Å². The van der Waals surface area contributed by atoms with E-state index in [1.165, 1.54) is 11.1 Å².